The summed E-state index contributed by atoms with van der Waals surface area (Å²) in [5.74, 6) is 1.28. The molecule has 0 spiro atoms. The van der Waals surface area contributed by atoms with Crippen molar-refractivity contribution in [3.63, 3.8) is 0 Å². The Kier molecular flexibility index (Phi) is 4.91. The molecule has 21 heavy (non-hydrogen) atoms. The van der Waals surface area contributed by atoms with Gasteiger partial charge < -0.3 is 9.80 Å². The minimum Gasteiger partial charge on any atom is -0.341 e. The second kappa shape index (κ2) is 7.08. The molecule has 1 aromatic carbocycles. The second-order valence-electron chi connectivity index (χ2n) is 6.46. The maximum absolute atomic E-state index is 12.4. The molecule has 0 atom stereocenters. The first-order chi connectivity index (χ1) is 10.3. The standard InChI is InChI=1S/C18H26N2O/c21-18(10-9-16-5-2-1-3-6-16)20-12-4-11-19(13-14-20)15-17-7-8-17/h1-3,5-6,17H,4,7-15H2. The van der Waals surface area contributed by atoms with Crippen molar-refractivity contribution in [2.75, 3.05) is 32.7 Å². The Hall–Kier alpha value is -1.35. The molecular weight excluding hydrogens is 260 g/mol. The van der Waals surface area contributed by atoms with Gasteiger partial charge in [-0.05, 0) is 43.7 Å². The van der Waals surface area contributed by atoms with Crippen LogP contribution in [0.1, 0.15) is 31.2 Å². The summed E-state index contributed by atoms with van der Waals surface area (Å²) in [6, 6.07) is 10.3. The van der Waals surface area contributed by atoms with Gasteiger partial charge in [-0.1, -0.05) is 30.3 Å². The third-order valence-electron chi connectivity index (χ3n) is 4.62. The Morgan fingerprint density at radius 2 is 1.86 bits per heavy atom. The number of aryl methyl sites for hydroxylation is 1. The second-order valence-corrected chi connectivity index (χ2v) is 6.46. The van der Waals surface area contributed by atoms with Crippen LogP contribution in [-0.4, -0.2) is 48.4 Å². The average Bonchev–Trinajstić information content (AvgIpc) is 3.34. The van der Waals surface area contributed by atoms with Crippen molar-refractivity contribution in [3.05, 3.63) is 35.9 Å². The molecule has 114 valence electrons. The van der Waals surface area contributed by atoms with Crippen molar-refractivity contribution in [3.8, 4) is 0 Å². The van der Waals surface area contributed by atoms with Gasteiger partial charge in [0, 0.05) is 32.6 Å². The predicted molar refractivity (Wildman–Crippen MR) is 85.1 cm³/mol. The minimum absolute atomic E-state index is 0.326. The molecule has 2 fully saturated rings. The largest absolute Gasteiger partial charge is 0.341 e. The van der Waals surface area contributed by atoms with E-state index in [1.54, 1.807) is 0 Å². The number of nitrogens with zero attached hydrogens (tertiary/aromatic N) is 2. The average molecular weight is 286 g/mol. The van der Waals surface area contributed by atoms with Gasteiger partial charge in [-0.3, -0.25) is 4.79 Å². The normalized spacial score (nSPS) is 20.3. The fraction of sp³-hybridized carbons (Fsp3) is 0.611. The van der Waals surface area contributed by atoms with E-state index in [4.69, 9.17) is 0 Å². The van der Waals surface area contributed by atoms with Gasteiger partial charge in [0.05, 0.1) is 0 Å². The van der Waals surface area contributed by atoms with Crippen LogP contribution in [-0.2, 0) is 11.2 Å². The quantitative estimate of drug-likeness (QED) is 0.830. The summed E-state index contributed by atoms with van der Waals surface area (Å²) in [5.41, 5.74) is 1.26. The fourth-order valence-corrected chi connectivity index (χ4v) is 3.12. The van der Waals surface area contributed by atoms with Crippen molar-refractivity contribution < 1.29 is 4.79 Å². The summed E-state index contributed by atoms with van der Waals surface area (Å²) >= 11 is 0. The van der Waals surface area contributed by atoms with Crippen LogP contribution in [0.2, 0.25) is 0 Å². The minimum atomic E-state index is 0.326. The molecule has 3 nitrogen and oxygen atoms in total. The van der Waals surface area contributed by atoms with Crippen LogP contribution in [0.15, 0.2) is 30.3 Å². The molecule has 0 radical (unpaired) electrons. The van der Waals surface area contributed by atoms with Crippen LogP contribution in [0.4, 0.5) is 0 Å². The highest BCUT2D eigenvalue weighted by Gasteiger charge is 2.26. The molecule has 2 aliphatic rings. The number of carbonyl (C=O) groups is 1. The number of rotatable bonds is 5. The third kappa shape index (κ3) is 4.57. The molecule has 0 aromatic heterocycles. The molecule has 0 N–H and O–H groups in total. The Bertz CT molecular complexity index is 456. The maximum atomic E-state index is 12.4. The third-order valence-corrected chi connectivity index (χ3v) is 4.62. The van der Waals surface area contributed by atoms with Gasteiger partial charge in [0.25, 0.3) is 0 Å². The van der Waals surface area contributed by atoms with E-state index in [0.29, 0.717) is 12.3 Å². The maximum Gasteiger partial charge on any atom is 0.222 e. The summed E-state index contributed by atoms with van der Waals surface area (Å²) < 4.78 is 0. The van der Waals surface area contributed by atoms with Crippen LogP contribution >= 0.6 is 0 Å². The van der Waals surface area contributed by atoms with Crippen LogP contribution < -0.4 is 0 Å². The van der Waals surface area contributed by atoms with Gasteiger partial charge in [0.2, 0.25) is 5.91 Å². The van der Waals surface area contributed by atoms with E-state index in [1.165, 1.54) is 31.5 Å². The highest BCUT2D eigenvalue weighted by atomic mass is 16.2. The first-order valence-electron chi connectivity index (χ1n) is 8.35. The zero-order chi connectivity index (χ0) is 14.5. The first-order valence-corrected chi connectivity index (χ1v) is 8.35. The monoisotopic (exact) mass is 286 g/mol. The van der Waals surface area contributed by atoms with E-state index in [2.05, 4.69) is 21.9 Å². The van der Waals surface area contributed by atoms with E-state index in [-0.39, 0.29) is 0 Å². The Morgan fingerprint density at radius 3 is 2.62 bits per heavy atom. The van der Waals surface area contributed by atoms with Crippen LogP contribution in [0.3, 0.4) is 0 Å². The van der Waals surface area contributed by atoms with Gasteiger partial charge in [0.1, 0.15) is 0 Å². The molecule has 1 saturated carbocycles. The Labute approximate surface area is 127 Å². The van der Waals surface area contributed by atoms with Crippen LogP contribution in [0.25, 0.3) is 0 Å². The van der Waals surface area contributed by atoms with Crippen LogP contribution in [0, 0.1) is 5.92 Å². The summed E-state index contributed by atoms with van der Waals surface area (Å²) in [6.07, 6.45) is 5.46. The lowest BCUT2D eigenvalue weighted by Crippen LogP contribution is -2.35. The van der Waals surface area contributed by atoms with Crippen molar-refractivity contribution in [1.82, 2.24) is 9.80 Å². The summed E-state index contributed by atoms with van der Waals surface area (Å²) in [6.45, 7) is 5.34. The SMILES string of the molecule is O=C(CCc1ccccc1)N1CCCN(CC2CC2)CC1. The Balaban J connectivity index is 1.43. The lowest BCUT2D eigenvalue weighted by molar-refractivity contribution is -0.131. The number of hydrogen-bond donors (Lipinski definition) is 0. The zero-order valence-corrected chi connectivity index (χ0v) is 12.8. The van der Waals surface area contributed by atoms with Gasteiger partial charge in [-0.25, -0.2) is 0 Å². The van der Waals surface area contributed by atoms with E-state index in [1.807, 2.05) is 18.2 Å². The van der Waals surface area contributed by atoms with Crippen molar-refractivity contribution >= 4 is 5.91 Å². The predicted octanol–water partition coefficient (Wildman–Crippen LogP) is 2.56. The van der Waals surface area contributed by atoms with E-state index in [9.17, 15) is 4.79 Å². The number of benzene rings is 1. The fourth-order valence-electron chi connectivity index (χ4n) is 3.12. The van der Waals surface area contributed by atoms with E-state index in [0.717, 1.165) is 38.4 Å². The molecule has 3 heteroatoms. The van der Waals surface area contributed by atoms with E-state index >= 15 is 0 Å². The lowest BCUT2D eigenvalue weighted by Gasteiger charge is -2.22. The molecule has 1 aliphatic carbocycles. The molecule has 1 saturated heterocycles. The molecule has 1 amide bonds. The summed E-state index contributed by atoms with van der Waals surface area (Å²) in [7, 11) is 0. The zero-order valence-electron chi connectivity index (χ0n) is 12.8. The van der Waals surface area contributed by atoms with Gasteiger partial charge >= 0.3 is 0 Å². The van der Waals surface area contributed by atoms with Crippen molar-refractivity contribution in [2.24, 2.45) is 5.92 Å². The smallest absolute Gasteiger partial charge is 0.222 e. The molecule has 1 aliphatic heterocycles. The molecule has 3 rings (SSSR count). The number of carbonyl (C=O) groups excluding carboxylic acids is 1. The number of amides is 1. The molecule has 1 heterocycles. The number of hydrogen-bond acceptors (Lipinski definition) is 2. The van der Waals surface area contributed by atoms with Gasteiger partial charge in [0.15, 0.2) is 0 Å². The van der Waals surface area contributed by atoms with Crippen LogP contribution in [0.5, 0.6) is 0 Å². The molecular formula is C18H26N2O. The molecule has 1 aromatic rings. The first kappa shape index (κ1) is 14.6. The van der Waals surface area contributed by atoms with Crippen molar-refractivity contribution in [2.45, 2.75) is 32.1 Å². The van der Waals surface area contributed by atoms with Gasteiger partial charge in [-0.15, -0.1) is 0 Å². The Morgan fingerprint density at radius 1 is 1.05 bits per heavy atom. The molecule has 0 unspecified atom stereocenters. The summed E-state index contributed by atoms with van der Waals surface area (Å²) in [5, 5.41) is 0. The topological polar surface area (TPSA) is 23.6 Å². The van der Waals surface area contributed by atoms with E-state index < -0.39 is 0 Å². The summed E-state index contributed by atoms with van der Waals surface area (Å²) in [4.78, 5) is 17.0. The molecule has 0 bridgehead atoms. The highest BCUT2D eigenvalue weighted by Crippen LogP contribution is 2.29. The highest BCUT2D eigenvalue weighted by molar-refractivity contribution is 5.76. The van der Waals surface area contributed by atoms with Gasteiger partial charge in [-0.2, -0.15) is 0 Å². The lowest BCUT2D eigenvalue weighted by atomic mass is 10.1. The van der Waals surface area contributed by atoms with Crippen molar-refractivity contribution in [1.29, 1.82) is 0 Å².